The summed E-state index contributed by atoms with van der Waals surface area (Å²) in [5, 5.41) is 0. The highest BCUT2D eigenvalue weighted by Crippen LogP contribution is 2.73. The third kappa shape index (κ3) is 3.97. The molecule has 0 unspecified atom stereocenters. The fourth-order valence-electron chi connectivity index (χ4n) is 3.91. The molecule has 0 aromatic carbocycles. The first-order valence-corrected chi connectivity index (χ1v) is 13.9. The largest absolute Gasteiger partial charge is 0.348 e. The van der Waals surface area contributed by atoms with E-state index < -0.39 is 23.4 Å². The molecule has 4 aliphatic rings. The zero-order chi connectivity index (χ0) is 17.9. The van der Waals surface area contributed by atoms with Crippen molar-refractivity contribution in [2.75, 3.05) is 24.3 Å². The quantitative estimate of drug-likeness (QED) is 0.653. The minimum absolute atomic E-state index is 0.0155. The van der Waals surface area contributed by atoms with Gasteiger partial charge in [-0.1, -0.05) is 22.8 Å². The van der Waals surface area contributed by atoms with Crippen LogP contribution in [-0.4, -0.2) is 60.5 Å². The molecule has 0 bridgehead atoms. The molecule has 0 aromatic heterocycles. The highest BCUT2D eigenvalue weighted by molar-refractivity contribution is 8.90. The van der Waals surface area contributed by atoms with Crippen molar-refractivity contribution in [3.63, 3.8) is 0 Å². The van der Waals surface area contributed by atoms with Gasteiger partial charge in [-0.05, 0) is 34.1 Å². The van der Waals surface area contributed by atoms with Crippen LogP contribution in [0, 0.1) is 5.92 Å². The van der Waals surface area contributed by atoms with E-state index in [1.165, 1.54) is 0 Å². The summed E-state index contributed by atoms with van der Waals surface area (Å²) in [5.41, 5.74) is -2.34. The van der Waals surface area contributed by atoms with E-state index in [-0.39, 0.29) is 24.2 Å². The van der Waals surface area contributed by atoms with Crippen LogP contribution in [0.1, 0.15) is 34.1 Å². The van der Waals surface area contributed by atoms with Crippen LogP contribution in [-0.2, 0) is 28.2 Å². The number of fused-ring (bicyclic) bond motifs is 1. The van der Waals surface area contributed by atoms with Crippen LogP contribution in [0.3, 0.4) is 0 Å². The minimum atomic E-state index is -2.34. The van der Waals surface area contributed by atoms with Gasteiger partial charge in [0.15, 0.2) is 23.4 Å². The molecule has 0 saturated carbocycles. The second-order valence-electron chi connectivity index (χ2n) is 7.91. The average Bonchev–Trinajstić information content (AvgIpc) is 3.11. The fraction of sp³-hybridized carbons (Fsp3) is 1.00. The Kier molecular flexibility index (Phi) is 5.08. The molecular formula is C16H27O6PS2. The normalized spacial score (nSPS) is 44.7. The Morgan fingerprint density at radius 2 is 1.72 bits per heavy atom. The lowest BCUT2D eigenvalue weighted by Crippen LogP contribution is -2.40. The molecule has 144 valence electrons. The van der Waals surface area contributed by atoms with E-state index in [4.69, 9.17) is 23.7 Å². The van der Waals surface area contributed by atoms with Crippen molar-refractivity contribution in [3.8, 4) is 0 Å². The molecule has 0 amide bonds. The third-order valence-corrected chi connectivity index (χ3v) is 13.8. The standard InChI is InChI=1S/C16H27O6PS2/c1-15(2)18-8-11(20-15)12-10(9-23(17)24-6-5-7-25-23)13-14(19-12)22-16(3,4)21-13/h10-14H,5-9H2,1-4H3/t10-,11-,12+,13-,14-/m1/s1. The van der Waals surface area contributed by atoms with Crippen LogP contribution in [0.25, 0.3) is 0 Å². The van der Waals surface area contributed by atoms with Gasteiger partial charge in [0.2, 0.25) is 0 Å². The average molecular weight is 410 g/mol. The van der Waals surface area contributed by atoms with Crippen molar-refractivity contribution in [1.82, 2.24) is 0 Å². The van der Waals surface area contributed by atoms with E-state index in [1.807, 2.05) is 27.7 Å². The van der Waals surface area contributed by atoms with Crippen molar-refractivity contribution in [2.24, 2.45) is 5.92 Å². The summed E-state index contributed by atoms with van der Waals surface area (Å²) in [6.45, 7) is 8.07. The van der Waals surface area contributed by atoms with Gasteiger partial charge in [-0.25, -0.2) is 0 Å². The van der Waals surface area contributed by atoms with Gasteiger partial charge in [0, 0.05) is 23.6 Å². The molecule has 4 saturated heterocycles. The lowest BCUT2D eigenvalue weighted by Gasteiger charge is -2.31. The molecule has 0 radical (unpaired) electrons. The predicted molar refractivity (Wildman–Crippen MR) is 99.1 cm³/mol. The summed E-state index contributed by atoms with van der Waals surface area (Å²) >= 11 is 3.25. The van der Waals surface area contributed by atoms with Crippen LogP contribution < -0.4 is 0 Å². The summed E-state index contributed by atoms with van der Waals surface area (Å²) in [7, 11) is 0. The molecule has 5 atom stereocenters. The molecule has 0 aliphatic carbocycles. The Balaban J connectivity index is 1.55. The Hall–Kier alpha value is 0.730. The smallest absolute Gasteiger partial charge is 0.191 e. The molecule has 4 rings (SSSR count). The van der Waals surface area contributed by atoms with Crippen molar-refractivity contribution in [3.05, 3.63) is 0 Å². The molecule has 4 fully saturated rings. The van der Waals surface area contributed by atoms with Gasteiger partial charge in [0.05, 0.1) is 12.7 Å². The van der Waals surface area contributed by atoms with Gasteiger partial charge in [-0.2, -0.15) is 0 Å². The number of hydrogen-bond donors (Lipinski definition) is 0. The molecular weight excluding hydrogens is 383 g/mol. The highest BCUT2D eigenvalue weighted by atomic mass is 33.1. The van der Waals surface area contributed by atoms with E-state index in [0.717, 1.165) is 17.9 Å². The molecule has 25 heavy (non-hydrogen) atoms. The van der Waals surface area contributed by atoms with E-state index in [1.54, 1.807) is 22.8 Å². The summed E-state index contributed by atoms with van der Waals surface area (Å²) < 4.78 is 43.4. The van der Waals surface area contributed by atoms with Crippen molar-refractivity contribution in [1.29, 1.82) is 0 Å². The Morgan fingerprint density at radius 3 is 2.36 bits per heavy atom. The lowest BCUT2D eigenvalue weighted by atomic mass is 9.97. The number of rotatable bonds is 3. The molecule has 4 aliphatic heterocycles. The van der Waals surface area contributed by atoms with Gasteiger partial charge in [0.25, 0.3) is 0 Å². The first-order valence-electron chi connectivity index (χ1n) is 8.87. The SMILES string of the molecule is CC1(C)O[C@H]2O[C@H]([C@H]3COC(C)(C)O3)[C@@H](CP3(=O)SCCCS3)[C@H]2O1. The molecule has 9 heteroatoms. The molecule has 4 heterocycles. The zero-order valence-electron chi connectivity index (χ0n) is 15.1. The maximum atomic E-state index is 13.3. The van der Waals surface area contributed by atoms with Crippen molar-refractivity contribution < 1.29 is 28.2 Å². The lowest BCUT2D eigenvalue weighted by molar-refractivity contribution is -0.226. The van der Waals surface area contributed by atoms with E-state index in [9.17, 15) is 4.57 Å². The van der Waals surface area contributed by atoms with Crippen molar-refractivity contribution >= 4 is 28.3 Å². The summed E-state index contributed by atoms with van der Waals surface area (Å²) in [4.78, 5) is 0. The number of ether oxygens (including phenoxy) is 5. The van der Waals surface area contributed by atoms with Crippen LogP contribution >= 0.6 is 28.3 Å². The maximum Gasteiger partial charge on any atom is 0.191 e. The topological polar surface area (TPSA) is 63.2 Å². The highest BCUT2D eigenvalue weighted by Gasteiger charge is 2.59. The summed E-state index contributed by atoms with van der Waals surface area (Å²) in [6.07, 6.45) is 0.670. The van der Waals surface area contributed by atoms with Crippen molar-refractivity contribution in [2.45, 2.75) is 70.3 Å². The molecule has 0 N–H and O–H groups in total. The monoisotopic (exact) mass is 410 g/mol. The van der Waals surface area contributed by atoms with Gasteiger partial charge in [0.1, 0.15) is 12.2 Å². The second kappa shape index (κ2) is 6.66. The van der Waals surface area contributed by atoms with Gasteiger partial charge >= 0.3 is 0 Å². The van der Waals surface area contributed by atoms with Gasteiger partial charge in [-0.15, -0.1) is 0 Å². The Morgan fingerprint density at radius 1 is 1.00 bits per heavy atom. The first kappa shape index (κ1) is 19.1. The first-order chi connectivity index (χ1) is 11.7. The van der Waals surface area contributed by atoms with E-state index in [0.29, 0.717) is 12.8 Å². The maximum absolute atomic E-state index is 13.3. The van der Waals surface area contributed by atoms with Gasteiger partial charge < -0.3 is 28.2 Å². The number of hydrogen-bond acceptors (Lipinski definition) is 8. The van der Waals surface area contributed by atoms with Gasteiger partial charge in [-0.3, -0.25) is 0 Å². The zero-order valence-corrected chi connectivity index (χ0v) is 17.7. The Bertz CT molecular complexity index is 561. The fourth-order valence-corrected chi connectivity index (χ4v) is 12.8. The Labute approximate surface area is 157 Å². The predicted octanol–water partition coefficient (Wildman–Crippen LogP) is 3.69. The van der Waals surface area contributed by atoms with E-state index in [2.05, 4.69) is 0 Å². The minimum Gasteiger partial charge on any atom is -0.348 e. The van der Waals surface area contributed by atoms with Crippen LogP contribution in [0.5, 0.6) is 0 Å². The van der Waals surface area contributed by atoms with Crippen LogP contribution in [0.15, 0.2) is 0 Å². The van der Waals surface area contributed by atoms with E-state index >= 15 is 0 Å². The summed E-state index contributed by atoms with van der Waals surface area (Å²) in [6, 6.07) is 0. The molecule has 6 nitrogen and oxygen atoms in total. The molecule has 0 spiro atoms. The van der Waals surface area contributed by atoms with Crippen LogP contribution in [0.2, 0.25) is 0 Å². The molecule has 0 aromatic rings. The summed E-state index contributed by atoms with van der Waals surface area (Å²) in [5.74, 6) is 0.630. The second-order valence-corrected chi connectivity index (χ2v) is 16.6. The third-order valence-electron chi connectivity index (χ3n) is 4.92. The van der Waals surface area contributed by atoms with Crippen LogP contribution in [0.4, 0.5) is 0 Å².